The van der Waals surface area contributed by atoms with E-state index >= 15 is 0 Å². The van der Waals surface area contributed by atoms with Crippen molar-refractivity contribution in [1.82, 2.24) is 10.2 Å². The topological polar surface area (TPSA) is 53.6 Å². The fraction of sp³-hybridized carbons (Fsp3) is 0.350. The molecule has 0 radical (unpaired) electrons. The molecular weight excluding hydrogens is 432 g/mol. The van der Waals surface area contributed by atoms with Crippen LogP contribution in [0.2, 0.25) is 0 Å². The first-order valence-electron chi connectivity index (χ1n) is 9.05. The van der Waals surface area contributed by atoms with E-state index in [2.05, 4.69) is 31.5 Å². The van der Waals surface area contributed by atoms with E-state index in [0.29, 0.717) is 32.0 Å². The van der Waals surface area contributed by atoms with E-state index in [4.69, 9.17) is 4.74 Å². The van der Waals surface area contributed by atoms with Crippen molar-refractivity contribution in [2.45, 2.75) is 6.92 Å². The first kappa shape index (κ1) is 20.7. The first-order valence-corrected chi connectivity index (χ1v) is 9.84. The van der Waals surface area contributed by atoms with Crippen molar-refractivity contribution in [1.29, 1.82) is 0 Å². The number of aryl methyl sites for hydroxylation is 1. The largest absolute Gasteiger partial charge is 0.379 e. The van der Waals surface area contributed by atoms with Crippen LogP contribution in [0.15, 0.2) is 34.8 Å². The van der Waals surface area contributed by atoms with E-state index in [1.807, 2.05) is 13.0 Å². The molecule has 1 amide bonds. The van der Waals surface area contributed by atoms with Crippen molar-refractivity contribution >= 4 is 33.2 Å². The molecular formula is C20H22BrF2N3O2. The molecule has 0 aromatic heterocycles. The lowest BCUT2D eigenvalue weighted by Crippen LogP contribution is -2.41. The Hall–Kier alpha value is -2.03. The van der Waals surface area contributed by atoms with Crippen LogP contribution in [0, 0.1) is 18.6 Å². The van der Waals surface area contributed by atoms with Crippen LogP contribution >= 0.6 is 15.9 Å². The van der Waals surface area contributed by atoms with Crippen LogP contribution in [0.4, 0.5) is 20.2 Å². The number of nitrogens with one attached hydrogen (secondary N) is 2. The van der Waals surface area contributed by atoms with Gasteiger partial charge in [0.2, 0.25) is 0 Å². The third kappa shape index (κ3) is 5.06. The Morgan fingerprint density at radius 1 is 1.21 bits per heavy atom. The van der Waals surface area contributed by atoms with Crippen molar-refractivity contribution < 1.29 is 18.3 Å². The highest BCUT2D eigenvalue weighted by molar-refractivity contribution is 9.10. The molecule has 150 valence electrons. The molecule has 1 saturated heterocycles. The van der Waals surface area contributed by atoms with Gasteiger partial charge in [0.15, 0.2) is 11.6 Å². The van der Waals surface area contributed by atoms with Gasteiger partial charge in [0, 0.05) is 36.3 Å². The van der Waals surface area contributed by atoms with Gasteiger partial charge in [-0.2, -0.15) is 0 Å². The smallest absolute Gasteiger partial charge is 0.253 e. The minimum Gasteiger partial charge on any atom is -0.379 e. The summed E-state index contributed by atoms with van der Waals surface area (Å²) in [5.41, 5.74) is 1.31. The maximum atomic E-state index is 14.5. The van der Waals surface area contributed by atoms with Gasteiger partial charge >= 0.3 is 0 Å². The molecule has 0 spiro atoms. The van der Waals surface area contributed by atoms with Gasteiger partial charge in [0.05, 0.1) is 24.5 Å². The van der Waals surface area contributed by atoms with E-state index in [1.54, 1.807) is 12.1 Å². The van der Waals surface area contributed by atoms with E-state index < -0.39 is 17.5 Å². The van der Waals surface area contributed by atoms with Crippen LogP contribution in [0.1, 0.15) is 15.9 Å². The van der Waals surface area contributed by atoms with E-state index in [1.165, 1.54) is 6.07 Å². The Kier molecular flexibility index (Phi) is 6.98. The summed E-state index contributed by atoms with van der Waals surface area (Å²) < 4.78 is 34.5. The number of carbonyl (C=O) groups is 1. The molecule has 0 unspecified atom stereocenters. The van der Waals surface area contributed by atoms with Crippen molar-refractivity contribution in [3.05, 3.63) is 57.6 Å². The normalized spacial score (nSPS) is 14.7. The predicted molar refractivity (Wildman–Crippen MR) is 108 cm³/mol. The number of morpholine rings is 1. The number of carbonyl (C=O) groups excluding carboxylic acids is 1. The number of hydrogen-bond acceptors (Lipinski definition) is 4. The minimum absolute atomic E-state index is 0.0585. The van der Waals surface area contributed by atoms with Crippen LogP contribution in [-0.4, -0.2) is 50.2 Å². The molecule has 2 aromatic carbocycles. The van der Waals surface area contributed by atoms with E-state index in [9.17, 15) is 13.6 Å². The summed E-state index contributed by atoms with van der Waals surface area (Å²) >= 11 is 3.37. The molecule has 1 heterocycles. The van der Waals surface area contributed by atoms with E-state index in [0.717, 1.165) is 29.2 Å². The van der Waals surface area contributed by atoms with Crippen LogP contribution in [0.5, 0.6) is 0 Å². The molecule has 5 nitrogen and oxygen atoms in total. The number of rotatable bonds is 6. The number of nitrogens with zero attached hydrogens (tertiary/aromatic N) is 1. The Balaban J connectivity index is 1.74. The zero-order valence-corrected chi connectivity index (χ0v) is 17.1. The Bertz CT molecular complexity index is 858. The second kappa shape index (κ2) is 9.45. The molecule has 3 rings (SSSR count). The fourth-order valence-corrected chi connectivity index (χ4v) is 3.49. The molecule has 0 aliphatic carbocycles. The predicted octanol–water partition coefficient (Wildman–Crippen LogP) is 3.84. The second-order valence-corrected chi connectivity index (χ2v) is 7.49. The zero-order valence-electron chi connectivity index (χ0n) is 15.5. The van der Waals surface area contributed by atoms with Crippen molar-refractivity contribution in [3.8, 4) is 0 Å². The summed E-state index contributed by atoms with van der Waals surface area (Å²) in [5.74, 6) is -2.55. The number of hydrogen-bond donors (Lipinski definition) is 2. The standard InChI is InChI=1S/C20H22BrF2N3O2/c1-13-12-14(21)2-5-17(13)25-19-15(3-4-16(22)18(19)23)20(27)24-6-7-26-8-10-28-11-9-26/h2-5,12,25H,6-11H2,1H3,(H,24,27). The van der Waals surface area contributed by atoms with Gasteiger partial charge in [-0.25, -0.2) is 8.78 Å². The van der Waals surface area contributed by atoms with E-state index in [-0.39, 0.29) is 11.3 Å². The van der Waals surface area contributed by atoms with Crippen LogP contribution in [0.3, 0.4) is 0 Å². The lowest BCUT2D eigenvalue weighted by Gasteiger charge is -2.26. The fourth-order valence-electron chi connectivity index (χ4n) is 3.01. The maximum absolute atomic E-state index is 14.5. The summed E-state index contributed by atoms with van der Waals surface area (Å²) in [5, 5.41) is 5.66. The van der Waals surface area contributed by atoms with Gasteiger partial charge in [-0.1, -0.05) is 15.9 Å². The van der Waals surface area contributed by atoms with Crippen molar-refractivity contribution in [2.24, 2.45) is 0 Å². The Labute approximate surface area is 171 Å². The van der Waals surface area contributed by atoms with Crippen LogP contribution < -0.4 is 10.6 Å². The van der Waals surface area contributed by atoms with Crippen molar-refractivity contribution in [2.75, 3.05) is 44.7 Å². The molecule has 8 heteroatoms. The van der Waals surface area contributed by atoms with Gasteiger partial charge in [0.25, 0.3) is 5.91 Å². The maximum Gasteiger partial charge on any atom is 0.253 e. The van der Waals surface area contributed by atoms with Gasteiger partial charge < -0.3 is 15.4 Å². The SMILES string of the molecule is Cc1cc(Br)ccc1Nc1c(C(=O)NCCN2CCOCC2)ccc(F)c1F. The highest BCUT2D eigenvalue weighted by Crippen LogP contribution is 2.29. The average molecular weight is 454 g/mol. The molecule has 0 atom stereocenters. The highest BCUT2D eigenvalue weighted by Gasteiger charge is 2.20. The molecule has 1 aliphatic rings. The lowest BCUT2D eigenvalue weighted by molar-refractivity contribution is 0.0383. The summed E-state index contributed by atoms with van der Waals surface area (Å²) in [4.78, 5) is 14.8. The Morgan fingerprint density at radius 3 is 2.68 bits per heavy atom. The number of ether oxygens (including phenoxy) is 1. The van der Waals surface area contributed by atoms with Crippen LogP contribution in [0.25, 0.3) is 0 Å². The first-order chi connectivity index (χ1) is 13.5. The molecule has 2 aromatic rings. The Morgan fingerprint density at radius 2 is 1.96 bits per heavy atom. The van der Waals surface area contributed by atoms with Gasteiger partial charge in [0.1, 0.15) is 0 Å². The molecule has 2 N–H and O–H groups in total. The van der Waals surface area contributed by atoms with Crippen molar-refractivity contribution in [3.63, 3.8) is 0 Å². The third-order valence-corrected chi connectivity index (χ3v) is 5.10. The van der Waals surface area contributed by atoms with Gasteiger partial charge in [-0.15, -0.1) is 0 Å². The number of halogens is 3. The minimum atomic E-state index is -1.08. The van der Waals surface area contributed by atoms with Gasteiger partial charge in [-0.05, 0) is 42.8 Å². The molecule has 0 bridgehead atoms. The second-order valence-electron chi connectivity index (χ2n) is 6.58. The number of anilines is 2. The summed E-state index contributed by atoms with van der Waals surface area (Å²) in [6.45, 7) is 5.91. The van der Waals surface area contributed by atoms with Crippen LogP contribution in [-0.2, 0) is 4.74 Å². The quantitative estimate of drug-likeness (QED) is 0.697. The zero-order chi connectivity index (χ0) is 20.1. The molecule has 0 saturated carbocycles. The number of amides is 1. The summed E-state index contributed by atoms with van der Waals surface area (Å²) in [7, 11) is 0. The molecule has 28 heavy (non-hydrogen) atoms. The number of benzene rings is 2. The third-order valence-electron chi connectivity index (χ3n) is 4.60. The summed E-state index contributed by atoms with van der Waals surface area (Å²) in [6, 6.07) is 7.63. The molecule has 1 fully saturated rings. The highest BCUT2D eigenvalue weighted by atomic mass is 79.9. The lowest BCUT2D eigenvalue weighted by atomic mass is 10.1. The summed E-state index contributed by atoms with van der Waals surface area (Å²) in [6.07, 6.45) is 0. The molecule has 1 aliphatic heterocycles. The average Bonchev–Trinajstić information content (AvgIpc) is 2.68. The van der Waals surface area contributed by atoms with Gasteiger partial charge in [-0.3, -0.25) is 9.69 Å². The monoisotopic (exact) mass is 453 g/mol.